The van der Waals surface area contributed by atoms with Crippen LogP contribution in [0.2, 0.25) is 0 Å². The van der Waals surface area contributed by atoms with Gasteiger partial charge in [0, 0.05) is 36.4 Å². The zero-order valence-corrected chi connectivity index (χ0v) is 17.9. The molecule has 4 aromatic rings. The summed E-state index contributed by atoms with van der Waals surface area (Å²) in [5, 5.41) is 7.19. The number of benzene rings is 1. The summed E-state index contributed by atoms with van der Waals surface area (Å²) < 4.78 is 3.58. The maximum Gasteiger partial charge on any atom is 0.278 e. The molecular weight excluding hydrogens is 390 g/mol. The molecule has 0 unspecified atom stereocenters. The highest BCUT2D eigenvalue weighted by atomic mass is 16.1. The lowest BCUT2D eigenvalue weighted by Crippen LogP contribution is -2.24. The summed E-state index contributed by atoms with van der Waals surface area (Å²) in [5.74, 6) is 0.460. The zero-order valence-electron chi connectivity index (χ0n) is 17.9. The number of aryl methyl sites for hydroxylation is 1. The van der Waals surface area contributed by atoms with E-state index in [9.17, 15) is 4.79 Å². The summed E-state index contributed by atoms with van der Waals surface area (Å²) in [7, 11) is 0. The predicted octanol–water partition coefficient (Wildman–Crippen LogP) is 3.26. The van der Waals surface area contributed by atoms with Crippen molar-refractivity contribution in [2.75, 3.05) is 11.9 Å². The molecule has 3 aromatic heterocycles. The largest absolute Gasteiger partial charge is 0.324 e. The van der Waals surface area contributed by atoms with Gasteiger partial charge in [-0.2, -0.15) is 4.98 Å². The van der Waals surface area contributed by atoms with Crippen LogP contribution in [-0.4, -0.2) is 30.9 Å². The molecule has 8 nitrogen and oxygen atoms in total. The van der Waals surface area contributed by atoms with E-state index in [-0.39, 0.29) is 11.6 Å². The molecule has 1 aromatic carbocycles. The van der Waals surface area contributed by atoms with Crippen molar-refractivity contribution in [3.8, 4) is 5.69 Å². The second kappa shape index (κ2) is 7.63. The standard InChI is InChI=1S/C23H25N7O/c1-14(2)29-22(31)20-13-26-23(27-18-5-4-17-12-24-8-6-16(17)11-18)28-21(20)30(29)19-7-9-25-15(3)10-19/h4-5,7,9-11,13-14,24H,6,8,12H2,1-3H3,(H,26,27,28). The molecule has 2 N–H and O–H groups in total. The Morgan fingerprint density at radius 3 is 2.81 bits per heavy atom. The maximum atomic E-state index is 13.1. The van der Waals surface area contributed by atoms with E-state index >= 15 is 0 Å². The van der Waals surface area contributed by atoms with Crippen molar-refractivity contribution in [2.24, 2.45) is 0 Å². The number of hydrogen-bond acceptors (Lipinski definition) is 6. The molecule has 0 aliphatic carbocycles. The molecule has 0 amide bonds. The van der Waals surface area contributed by atoms with Gasteiger partial charge in [-0.05, 0) is 69.1 Å². The van der Waals surface area contributed by atoms with E-state index in [2.05, 4.69) is 32.7 Å². The molecule has 4 heterocycles. The first-order chi connectivity index (χ1) is 15.0. The lowest BCUT2D eigenvalue weighted by molar-refractivity contribution is 0.475. The second-order valence-electron chi connectivity index (χ2n) is 8.18. The topological polar surface area (TPSA) is 89.7 Å². The lowest BCUT2D eigenvalue weighted by atomic mass is 10.0. The van der Waals surface area contributed by atoms with Gasteiger partial charge >= 0.3 is 0 Å². The summed E-state index contributed by atoms with van der Waals surface area (Å²) >= 11 is 0. The molecule has 0 fully saturated rings. The van der Waals surface area contributed by atoms with Crippen LogP contribution in [-0.2, 0) is 13.0 Å². The summed E-state index contributed by atoms with van der Waals surface area (Å²) in [5.41, 5.74) is 5.79. The molecule has 1 aliphatic heterocycles. The minimum Gasteiger partial charge on any atom is -0.324 e. The van der Waals surface area contributed by atoms with Crippen molar-refractivity contribution < 1.29 is 0 Å². The van der Waals surface area contributed by atoms with E-state index in [1.165, 1.54) is 11.1 Å². The number of fused-ring (bicyclic) bond motifs is 2. The molecule has 0 atom stereocenters. The number of anilines is 2. The highest BCUT2D eigenvalue weighted by Gasteiger charge is 2.19. The Balaban J connectivity index is 1.62. The average Bonchev–Trinajstić information content (AvgIpc) is 3.06. The van der Waals surface area contributed by atoms with Crippen molar-refractivity contribution in [1.82, 2.24) is 29.6 Å². The second-order valence-corrected chi connectivity index (χ2v) is 8.18. The zero-order chi connectivity index (χ0) is 21.5. The van der Waals surface area contributed by atoms with Crippen molar-refractivity contribution in [3.63, 3.8) is 0 Å². The Hall–Kier alpha value is -3.52. The number of pyridine rings is 1. The smallest absolute Gasteiger partial charge is 0.278 e. The van der Waals surface area contributed by atoms with Crippen LogP contribution in [0.5, 0.6) is 0 Å². The third-order valence-electron chi connectivity index (χ3n) is 5.59. The van der Waals surface area contributed by atoms with Crippen molar-refractivity contribution >= 4 is 22.7 Å². The molecule has 1 aliphatic rings. The van der Waals surface area contributed by atoms with Gasteiger partial charge in [0.1, 0.15) is 5.39 Å². The fourth-order valence-electron chi connectivity index (χ4n) is 4.12. The fourth-order valence-corrected chi connectivity index (χ4v) is 4.12. The van der Waals surface area contributed by atoms with E-state index in [0.717, 1.165) is 36.6 Å². The predicted molar refractivity (Wildman–Crippen MR) is 121 cm³/mol. The molecule has 5 rings (SSSR count). The number of nitrogens with zero attached hydrogens (tertiary/aromatic N) is 5. The van der Waals surface area contributed by atoms with Crippen LogP contribution in [0, 0.1) is 6.92 Å². The summed E-state index contributed by atoms with van der Waals surface area (Å²) in [4.78, 5) is 26.6. The third kappa shape index (κ3) is 3.48. The van der Waals surface area contributed by atoms with Gasteiger partial charge in [0.05, 0.1) is 5.69 Å². The summed E-state index contributed by atoms with van der Waals surface area (Å²) in [6, 6.07) is 10.1. The number of aromatic nitrogens is 5. The van der Waals surface area contributed by atoms with E-state index in [1.54, 1.807) is 17.1 Å². The highest BCUT2D eigenvalue weighted by molar-refractivity contribution is 5.77. The molecule has 158 valence electrons. The van der Waals surface area contributed by atoms with Crippen LogP contribution in [0.4, 0.5) is 11.6 Å². The van der Waals surface area contributed by atoms with Crippen molar-refractivity contribution in [1.29, 1.82) is 0 Å². The minimum absolute atomic E-state index is 0.0409. The molecule has 31 heavy (non-hydrogen) atoms. The van der Waals surface area contributed by atoms with E-state index in [0.29, 0.717) is 17.0 Å². The Morgan fingerprint density at radius 2 is 2.00 bits per heavy atom. The molecular formula is C23H25N7O. The molecule has 8 heteroatoms. The lowest BCUT2D eigenvalue weighted by Gasteiger charge is -2.18. The first-order valence-corrected chi connectivity index (χ1v) is 10.5. The van der Waals surface area contributed by atoms with Crippen LogP contribution < -0.4 is 16.2 Å². The van der Waals surface area contributed by atoms with Crippen molar-refractivity contribution in [2.45, 2.75) is 39.8 Å². The van der Waals surface area contributed by atoms with Crippen LogP contribution in [0.15, 0.2) is 47.5 Å². The van der Waals surface area contributed by atoms with Crippen LogP contribution in [0.1, 0.15) is 36.7 Å². The van der Waals surface area contributed by atoms with Gasteiger partial charge in [-0.1, -0.05) is 6.07 Å². The van der Waals surface area contributed by atoms with Gasteiger partial charge in [0.2, 0.25) is 5.95 Å². The first-order valence-electron chi connectivity index (χ1n) is 10.5. The normalized spacial score (nSPS) is 13.5. The summed E-state index contributed by atoms with van der Waals surface area (Å²) in [6.07, 6.45) is 4.36. The van der Waals surface area contributed by atoms with E-state index in [4.69, 9.17) is 4.98 Å². The van der Waals surface area contributed by atoms with E-state index in [1.807, 2.05) is 43.7 Å². The maximum absolute atomic E-state index is 13.1. The molecule has 0 saturated carbocycles. The quantitative estimate of drug-likeness (QED) is 0.532. The van der Waals surface area contributed by atoms with E-state index < -0.39 is 0 Å². The Kier molecular flexibility index (Phi) is 4.78. The van der Waals surface area contributed by atoms with Crippen LogP contribution >= 0.6 is 0 Å². The van der Waals surface area contributed by atoms with Gasteiger partial charge in [-0.15, -0.1) is 0 Å². The number of rotatable bonds is 4. The van der Waals surface area contributed by atoms with Crippen LogP contribution in [0.25, 0.3) is 16.7 Å². The monoisotopic (exact) mass is 415 g/mol. The Labute approximate surface area is 180 Å². The summed E-state index contributed by atoms with van der Waals surface area (Å²) in [6.45, 7) is 7.79. The van der Waals surface area contributed by atoms with Crippen LogP contribution in [0.3, 0.4) is 0 Å². The van der Waals surface area contributed by atoms with Gasteiger partial charge in [-0.3, -0.25) is 9.78 Å². The first kappa shape index (κ1) is 19.4. The average molecular weight is 416 g/mol. The fraction of sp³-hybridized carbons (Fsp3) is 0.304. The number of hydrogen-bond donors (Lipinski definition) is 2. The van der Waals surface area contributed by atoms with Crippen molar-refractivity contribution in [3.05, 3.63) is 69.9 Å². The van der Waals surface area contributed by atoms with Gasteiger partial charge in [-0.25, -0.2) is 14.3 Å². The van der Waals surface area contributed by atoms with Gasteiger partial charge in [0.15, 0.2) is 5.65 Å². The molecule has 0 saturated heterocycles. The number of nitrogens with one attached hydrogen (secondary N) is 2. The Morgan fingerprint density at radius 1 is 1.13 bits per heavy atom. The molecule has 0 bridgehead atoms. The highest BCUT2D eigenvalue weighted by Crippen LogP contribution is 2.23. The molecule has 0 spiro atoms. The molecule has 0 radical (unpaired) electrons. The SMILES string of the molecule is Cc1cc(-n2c3nc(Nc4ccc5c(c4)CCNC5)ncc3c(=O)n2C(C)C)ccn1. The third-order valence-corrected chi connectivity index (χ3v) is 5.59. The van der Waals surface area contributed by atoms with Gasteiger partial charge in [0.25, 0.3) is 5.56 Å². The van der Waals surface area contributed by atoms with Gasteiger partial charge < -0.3 is 10.6 Å². The minimum atomic E-state index is -0.104. The Bertz CT molecular complexity index is 1340.